The summed E-state index contributed by atoms with van der Waals surface area (Å²) in [6, 6.07) is 0. The first-order valence-corrected chi connectivity index (χ1v) is 8.20. The average Bonchev–Trinajstić information content (AvgIpc) is 2.41. The van der Waals surface area contributed by atoms with E-state index in [0.717, 1.165) is 63.3 Å². The lowest BCUT2D eigenvalue weighted by Gasteiger charge is -2.55. The van der Waals surface area contributed by atoms with Gasteiger partial charge in [0.1, 0.15) is 0 Å². The minimum Gasteiger partial charge on any atom is -0.383 e. The van der Waals surface area contributed by atoms with Crippen LogP contribution in [0.3, 0.4) is 0 Å². The number of hydrogen-bond acceptors (Lipinski definition) is 3. The number of nitrogens with one attached hydrogen (secondary N) is 2. The average molecular weight is 280 g/mol. The van der Waals surface area contributed by atoms with Gasteiger partial charge < -0.3 is 15.4 Å². The summed E-state index contributed by atoms with van der Waals surface area (Å²) in [5, 5.41) is 6.45. The van der Waals surface area contributed by atoms with Crippen LogP contribution >= 0.6 is 0 Å². The second kappa shape index (κ2) is 6.02. The zero-order chi connectivity index (χ0) is 14.0. The first-order chi connectivity index (χ1) is 9.72. The van der Waals surface area contributed by atoms with Gasteiger partial charge in [0.15, 0.2) is 0 Å². The quantitative estimate of drug-likeness (QED) is 0.696. The molecule has 4 bridgehead atoms. The molecule has 0 aromatic rings. The molecule has 114 valence electrons. The van der Waals surface area contributed by atoms with Gasteiger partial charge in [-0.3, -0.25) is 4.79 Å². The van der Waals surface area contributed by atoms with Crippen LogP contribution in [0.2, 0.25) is 0 Å². The molecule has 0 radical (unpaired) electrons. The maximum atomic E-state index is 12.6. The molecule has 0 atom stereocenters. The molecule has 0 saturated heterocycles. The molecule has 0 aromatic carbocycles. The summed E-state index contributed by atoms with van der Waals surface area (Å²) in [7, 11) is 1.70. The van der Waals surface area contributed by atoms with Crippen molar-refractivity contribution in [3.05, 3.63) is 0 Å². The van der Waals surface area contributed by atoms with Crippen molar-refractivity contribution in [2.45, 2.75) is 38.5 Å². The Labute approximate surface area is 122 Å². The van der Waals surface area contributed by atoms with Gasteiger partial charge in [0.25, 0.3) is 0 Å². The summed E-state index contributed by atoms with van der Waals surface area (Å²) in [4.78, 5) is 12.6. The van der Waals surface area contributed by atoms with Gasteiger partial charge in [-0.15, -0.1) is 0 Å². The summed E-state index contributed by atoms with van der Waals surface area (Å²) >= 11 is 0. The monoisotopic (exact) mass is 280 g/mol. The number of amides is 1. The third-order valence-electron chi connectivity index (χ3n) is 5.59. The number of hydrogen-bond donors (Lipinski definition) is 2. The van der Waals surface area contributed by atoms with Crippen molar-refractivity contribution < 1.29 is 9.53 Å². The Morgan fingerprint density at radius 1 is 1.05 bits per heavy atom. The van der Waals surface area contributed by atoms with E-state index in [-0.39, 0.29) is 5.41 Å². The van der Waals surface area contributed by atoms with E-state index in [9.17, 15) is 4.79 Å². The van der Waals surface area contributed by atoms with Gasteiger partial charge >= 0.3 is 0 Å². The molecule has 2 N–H and O–H groups in total. The molecule has 0 aliphatic heterocycles. The Balaban J connectivity index is 1.45. The summed E-state index contributed by atoms with van der Waals surface area (Å²) in [5.74, 6) is 2.86. The first kappa shape index (κ1) is 14.3. The van der Waals surface area contributed by atoms with Gasteiger partial charge in [-0.25, -0.2) is 0 Å². The number of ether oxygens (including phenoxy) is 1. The zero-order valence-electron chi connectivity index (χ0n) is 12.6. The predicted molar refractivity (Wildman–Crippen MR) is 78.4 cm³/mol. The molecule has 4 fully saturated rings. The lowest BCUT2D eigenvalue weighted by Crippen LogP contribution is -2.54. The molecular formula is C16H28N2O2. The molecule has 4 aliphatic rings. The SMILES string of the molecule is COCCNCCNC(=O)C12CC3CC(CC(C3)C1)C2. The van der Waals surface area contributed by atoms with E-state index >= 15 is 0 Å². The first-order valence-electron chi connectivity index (χ1n) is 8.20. The third-order valence-corrected chi connectivity index (χ3v) is 5.59. The van der Waals surface area contributed by atoms with Crippen molar-refractivity contribution in [1.29, 1.82) is 0 Å². The topological polar surface area (TPSA) is 50.4 Å². The second-order valence-electron chi connectivity index (χ2n) is 7.20. The Kier molecular flexibility index (Phi) is 4.32. The fourth-order valence-corrected chi connectivity index (χ4v) is 5.14. The molecule has 0 unspecified atom stereocenters. The van der Waals surface area contributed by atoms with Crippen LogP contribution in [0.5, 0.6) is 0 Å². The van der Waals surface area contributed by atoms with E-state index in [4.69, 9.17) is 4.74 Å². The Morgan fingerprint density at radius 2 is 1.65 bits per heavy atom. The van der Waals surface area contributed by atoms with Gasteiger partial charge in [-0.1, -0.05) is 0 Å². The highest BCUT2D eigenvalue weighted by atomic mass is 16.5. The number of methoxy groups -OCH3 is 1. The van der Waals surface area contributed by atoms with Crippen LogP contribution < -0.4 is 10.6 Å². The fourth-order valence-electron chi connectivity index (χ4n) is 5.14. The van der Waals surface area contributed by atoms with Crippen molar-refractivity contribution in [3.8, 4) is 0 Å². The summed E-state index contributed by atoms with van der Waals surface area (Å²) in [6.07, 6.45) is 7.65. The van der Waals surface area contributed by atoms with Crippen molar-refractivity contribution in [2.75, 3.05) is 33.4 Å². The Hall–Kier alpha value is -0.610. The van der Waals surface area contributed by atoms with E-state index in [2.05, 4.69) is 10.6 Å². The van der Waals surface area contributed by atoms with Gasteiger partial charge in [0.2, 0.25) is 5.91 Å². The minimum absolute atomic E-state index is 0.00127. The van der Waals surface area contributed by atoms with E-state index < -0.39 is 0 Å². The summed E-state index contributed by atoms with van der Waals surface area (Å²) in [5.41, 5.74) is 0.00127. The number of carbonyl (C=O) groups excluding carboxylic acids is 1. The molecular weight excluding hydrogens is 252 g/mol. The maximum Gasteiger partial charge on any atom is 0.226 e. The second-order valence-corrected chi connectivity index (χ2v) is 7.20. The molecule has 0 spiro atoms. The van der Waals surface area contributed by atoms with Crippen LogP contribution in [0.25, 0.3) is 0 Å². The van der Waals surface area contributed by atoms with Crippen molar-refractivity contribution in [1.82, 2.24) is 10.6 Å². The van der Waals surface area contributed by atoms with Crippen molar-refractivity contribution in [2.24, 2.45) is 23.2 Å². The highest BCUT2D eigenvalue weighted by Crippen LogP contribution is 2.60. The van der Waals surface area contributed by atoms with Gasteiger partial charge in [-0.2, -0.15) is 0 Å². The lowest BCUT2D eigenvalue weighted by molar-refractivity contribution is -0.146. The van der Waals surface area contributed by atoms with Crippen LogP contribution in [0.1, 0.15) is 38.5 Å². The minimum atomic E-state index is 0.00127. The molecule has 4 nitrogen and oxygen atoms in total. The van der Waals surface area contributed by atoms with E-state index in [0.29, 0.717) is 5.91 Å². The Morgan fingerprint density at radius 3 is 2.20 bits per heavy atom. The molecule has 4 aliphatic carbocycles. The van der Waals surface area contributed by atoms with Crippen LogP contribution in [-0.4, -0.2) is 39.3 Å². The standard InChI is InChI=1S/C16H28N2O2/c1-20-5-4-17-2-3-18-15(19)16-9-12-6-13(10-16)8-14(7-12)11-16/h12-14,17H,2-11H2,1H3,(H,18,19). The summed E-state index contributed by atoms with van der Waals surface area (Å²) in [6.45, 7) is 3.15. The van der Waals surface area contributed by atoms with Crippen molar-refractivity contribution >= 4 is 5.91 Å². The van der Waals surface area contributed by atoms with Gasteiger partial charge in [-0.05, 0) is 56.3 Å². The third kappa shape index (κ3) is 2.86. The van der Waals surface area contributed by atoms with E-state index in [1.54, 1.807) is 7.11 Å². The van der Waals surface area contributed by atoms with Crippen LogP contribution in [-0.2, 0) is 9.53 Å². The van der Waals surface area contributed by atoms with Crippen LogP contribution in [0.15, 0.2) is 0 Å². The number of carbonyl (C=O) groups is 1. The summed E-state index contributed by atoms with van der Waals surface area (Å²) < 4.78 is 4.98. The van der Waals surface area contributed by atoms with Crippen LogP contribution in [0, 0.1) is 23.2 Å². The molecule has 20 heavy (non-hydrogen) atoms. The number of rotatable bonds is 7. The van der Waals surface area contributed by atoms with E-state index in [1.165, 1.54) is 19.3 Å². The maximum absolute atomic E-state index is 12.6. The van der Waals surface area contributed by atoms with Crippen molar-refractivity contribution in [3.63, 3.8) is 0 Å². The lowest BCUT2D eigenvalue weighted by atomic mass is 9.49. The smallest absolute Gasteiger partial charge is 0.226 e. The molecule has 0 heterocycles. The largest absolute Gasteiger partial charge is 0.383 e. The molecule has 4 saturated carbocycles. The Bertz CT molecular complexity index is 321. The zero-order valence-corrected chi connectivity index (χ0v) is 12.6. The van der Waals surface area contributed by atoms with Gasteiger partial charge in [0.05, 0.1) is 6.61 Å². The van der Waals surface area contributed by atoms with E-state index in [1.807, 2.05) is 0 Å². The molecule has 4 heteroatoms. The fraction of sp³-hybridized carbons (Fsp3) is 0.938. The predicted octanol–water partition coefficient (Wildman–Crippen LogP) is 1.55. The molecule has 1 amide bonds. The highest BCUT2D eigenvalue weighted by Gasteiger charge is 2.54. The molecule has 0 aromatic heterocycles. The highest BCUT2D eigenvalue weighted by molar-refractivity contribution is 5.83. The molecule has 4 rings (SSSR count). The van der Waals surface area contributed by atoms with Crippen LogP contribution in [0.4, 0.5) is 0 Å². The normalized spacial score (nSPS) is 38.1. The van der Waals surface area contributed by atoms with Gasteiger partial charge in [0, 0.05) is 32.2 Å².